The molecule has 0 spiro atoms. The number of hydrogen-bond donors (Lipinski definition) is 0. The third-order valence-corrected chi connectivity index (χ3v) is 12.7. The smallest absolute Gasteiger partial charge is 0.306 e. The van der Waals surface area contributed by atoms with Crippen molar-refractivity contribution >= 4 is 17.9 Å². The van der Waals surface area contributed by atoms with Crippen LogP contribution in [0.2, 0.25) is 0 Å². The molecule has 0 rings (SSSR count). The van der Waals surface area contributed by atoms with Crippen molar-refractivity contribution in [3.05, 3.63) is 122 Å². The number of rotatable bonds is 54. The number of esters is 3. The molecular weight excluding hydrogens is 913 g/mol. The zero-order chi connectivity index (χ0) is 53.6. The highest BCUT2D eigenvalue weighted by Gasteiger charge is 2.19. The lowest BCUT2D eigenvalue weighted by atomic mass is 10.0. The van der Waals surface area contributed by atoms with Crippen molar-refractivity contribution in [3.8, 4) is 0 Å². The van der Waals surface area contributed by atoms with E-state index >= 15 is 0 Å². The zero-order valence-electron chi connectivity index (χ0n) is 48.1. The second kappa shape index (κ2) is 61.4. The van der Waals surface area contributed by atoms with E-state index in [0.717, 1.165) is 135 Å². The molecule has 0 aliphatic rings. The molecule has 1 atom stereocenters. The minimum atomic E-state index is -0.802. The van der Waals surface area contributed by atoms with Crippen molar-refractivity contribution < 1.29 is 28.6 Å². The van der Waals surface area contributed by atoms with Gasteiger partial charge in [0.25, 0.3) is 0 Å². The largest absolute Gasteiger partial charge is 0.462 e. The highest BCUT2D eigenvalue weighted by atomic mass is 16.6. The number of ether oxygens (including phenoxy) is 3. The second-order valence-electron chi connectivity index (χ2n) is 19.9. The molecule has 0 fully saturated rings. The van der Waals surface area contributed by atoms with Gasteiger partial charge in [0, 0.05) is 19.3 Å². The Morgan fingerprint density at radius 1 is 0.284 bits per heavy atom. The maximum atomic E-state index is 12.9. The molecule has 0 saturated carbocycles. The van der Waals surface area contributed by atoms with Gasteiger partial charge in [-0.25, -0.2) is 0 Å². The maximum absolute atomic E-state index is 12.9. The summed E-state index contributed by atoms with van der Waals surface area (Å²) in [6.07, 6.45) is 84.7. The van der Waals surface area contributed by atoms with Crippen molar-refractivity contribution in [2.45, 2.75) is 277 Å². The van der Waals surface area contributed by atoms with Gasteiger partial charge in [-0.1, -0.05) is 258 Å². The molecule has 1 unspecified atom stereocenters. The third kappa shape index (κ3) is 58.7. The molecular formula is C68H112O6. The van der Waals surface area contributed by atoms with Gasteiger partial charge in [0.15, 0.2) is 6.10 Å². The van der Waals surface area contributed by atoms with Gasteiger partial charge in [0.2, 0.25) is 0 Å². The summed E-state index contributed by atoms with van der Waals surface area (Å²) in [6, 6.07) is 0. The summed E-state index contributed by atoms with van der Waals surface area (Å²) in [7, 11) is 0. The van der Waals surface area contributed by atoms with E-state index in [2.05, 4.69) is 142 Å². The number of carbonyl (C=O) groups excluding carboxylic acids is 3. The second-order valence-corrected chi connectivity index (χ2v) is 19.9. The first-order chi connectivity index (χ1) is 36.5. The van der Waals surface area contributed by atoms with E-state index in [1.165, 1.54) is 96.3 Å². The summed E-state index contributed by atoms with van der Waals surface area (Å²) in [6.45, 7) is 6.46. The van der Waals surface area contributed by atoms with Gasteiger partial charge in [-0.15, -0.1) is 0 Å². The van der Waals surface area contributed by atoms with E-state index in [1.54, 1.807) is 0 Å². The van der Waals surface area contributed by atoms with Gasteiger partial charge in [0.1, 0.15) is 13.2 Å². The Kier molecular flexibility index (Phi) is 57.9. The highest BCUT2D eigenvalue weighted by molar-refractivity contribution is 5.71. The fourth-order valence-electron chi connectivity index (χ4n) is 8.13. The molecule has 0 amide bonds. The van der Waals surface area contributed by atoms with E-state index in [4.69, 9.17) is 14.2 Å². The minimum Gasteiger partial charge on any atom is -0.462 e. The standard InChI is InChI=1S/C68H112O6/c1-4-7-10-13-16-19-22-25-27-29-31-32-33-34-35-36-38-39-41-43-46-49-52-55-58-61-67(70)73-64-65(63-72-66(69)60-57-54-51-48-45-24-21-18-15-12-9-6-3)74-68(71)62-59-56-53-50-47-44-42-40-37-30-28-26-23-20-17-14-11-8-5-2/h7,10,16-17,19-20,25-28,31-32,34-35,37-40,43,46,65H,4-6,8-9,11-15,18,21-24,29-30,33,36,41-42,44-45,47-64H2,1-3H3/b10-7-,19-16-,20-17-,27-25-,28-26-,32-31-,35-34-,39-38-,40-37-,46-43-. The molecule has 0 aromatic carbocycles. The first-order valence-electron chi connectivity index (χ1n) is 30.5. The molecule has 0 aromatic heterocycles. The van der Waals surface area contributed by atoms with Crippen LogP contribution in [-0.2, 0) is 28.6 Å². The summed E-state index contributed by atoms with van der Waals surface area (Å²) in [5.41, 5.74) is 0. The van der Waals surface area contributed by atoms with Crippen LogP contribution in [0.5, 0.6) is 0 Å². The lowest BCUT2D eigenvalue weighted by molar-refractivity contribution is -0.167. The average molecular weight is 1030 g/mol. The monoisotopic (exact) mass is 1020 g/mol. The van der Waals surface area contributed by atoms with E-state index in [9.17, 15) is 14.4 Å². The van der Waals surface area contributed by atoms with E-state index in [0.29, 0.717) is 19.3 Å². The summed E-state index contributed by atoms with van der Waals surface area (Å²) < 4.78 is 16.9. The maximum Gasteiger partial charge on any atom is 0.306 e. The molecule has 0 bridgehead atoms. The molecule has 6 heteroatoms. The predicted octanol–water partition coefficient (Wildman–Crippen LogP) is 20.8. The first kappa shape index (κ1) is 69.8. The zero-order valence-corrected chi connectivity index (χ0v) is 48.1. The van der Waals surface area contributed by atoms with Crippen LogP contribution in [0, 0.1) is 0 Å². The van der Waals surface area contributed by atoms with Crippen LogP contribution < -0.4 is 0 Å². The Morgan fingerprint density at radius 3 is 0.865 bits per heavy atom. The van der Waals surface area contributed by atoms with Crippen LogP contribution >= 0.6 is 0 Å². The quantitative estimate of drug-likeness (QED) is 0.0261. The Morgan fingerprint density at radius 2 is 0.527 bits per heavy atom. The van der Waals surface area contributed by atoms with Crippen LogP contribution in [0.1, 0.15) is 271 Å². The fraction of sp³-hybridized carbons (Fsp3) is 0.662. The number of allylic oxidation sites excluding steroid dienone is 20. The highest BCUT2D eigenvalue weighted by Crippen LogP contribution is 2.15. The lowest BCUT2D eigenvalue weighted by Gasteiger charge is -2.18. The Hall–Kier alpha value is -4.19. The van der Waals surface area contributed by atoms with Gasteiger partial charge in [-0.05, 0) is 116 Å². The summed E-state index contributed by atoms with van der Waals surface area (Å²) in [4.78, 5) is 38.2. The van der Waals surface area contributed by atoms with Gasteiger partial charge in [-0.3, -0.25) is 14.4 Å². The van der Waals surface area contributed by atoms with Crippen molar-refractivity contribution in [2.24, 2.45) is 0 Å². The number of hydrogen-bond acceptors (Lipinski definition) is 6. The Bertz CT molecular complexity index is 1550. The van der Waals surface area contributed by atoms with Crippen molar-refractivity contribution in [1.82, 2.24) is 0 Å². The normalized spacial score (nSPS) is 13.0. The summed E-state index contributed by atoms with van der Waals surface area (Å²) in [5, 5.41) is 0. The van der Waals surface area contributed by atoms with Crippen LogP contribution in [0.4, 0.5) is 0 Å². The van der Waals surface area contributed by atoms with Gasteiger partial charge in [0.05, 0.1) is 0 Å². The van der Waals surface area contributed by atoms with Crippen LogP contribution in [0.25, 0.3) is 0 Å². The summed E-state index contributed by atoms with van der Waals surface area (Å²) >= 11 is 0. The Balaban J connectivity index is 4.44. The SMILES string of the molecule is CC/C=C\C/C=C\C/C=C\C/C=C\C/C=C\C/C=C\C/C=C\CCCCCC(=O)OCC(COC(=O)CCCCCCCCCCCCCC)OC(=O)CCCCCCCC/C=C\C/C=C\C/C=C\CCCCC. The molecule has 0 radical (unpaired) electrons. The van der Waals surface area contributed by atoms with Crippen LogP contribution in [0.3, 0.4) is 0 Å². The third-order valence-electron chi connectivity index (χ3n) is 12.7. The number of unbranched alkanes of at least 4 members (excludes halogenated alkanes) is 23. The predicted molar refractivity (Wildman–Crippen MR) is 320 cm³/mol. The molecule has 0 N–H and O–H groups in total. The lowest BCUT2D eigenvalue weighted by Crippen LogP contribution is -2.30. The number of carbonyl (C=O) groups is 3. The van der Waals surface area contributed by atoms with Gasteiger partial charge < -0.3 is 14.2 Å². The molecule has 0 heterocycles. The molecule has 6 nitrogen and oxygen atoms in total. The molecule has 420 valence electrons. The molecule has 0 saturated heterocycles. The fourth-order valence-corrected chi connectivity index (χ4v) is 8.13. The van der Waals surface area contributed by atoms with Crippen molar-refractivity contribution in [1.29, 1.82) is 0 Å². The molecule has 0 aliphatic heterocycles. The van der Waals surface area contributed by atoms with Crippen LogP contribution in [0.15, 0.2) is 122 Å². The topological polar surface area (TPSA) is 78.9 Å². The van der Waals surface area contributed by atoms with Crippen molar-refractivity contribution in [2.75, 3.05) is 13.2 Å². The van der Waals surface area contributed by atoms with E-state index in [-0.39, 0.29) is 31.1 Å². The molecule has 74 heavy (non-hydrogen) atoms. The average Bonchev–Trinajstić information content (AvgIpc) is 3.40. The first-order valence-corrected chi connectivity index (χ1v) is 30.5. The van der Waals surface area contributed by atoms with Crippen LogP contribution in [-0.4, -0.2) is 37.2 Å². The molecule has 0 aliphatic carbocycles. The van der Waals surface area contributed by atoms with E-state index < -0.39 is 6.10 Å². The van der Waals surface area contributed by atoms with Gasteiger partial charge in [-0.2, -0.15) is 0 Å². The van der Waals surface area contributed by atoms with Crippen molar-refractivity contribution in [3.63, 3.8) is 0 Å². The van der Waals surface area contributed by atoms with E-state index in [1.807, 2.05) is 0 Å². The minimum absolute atomic E-state index is 0.0950. The molecule has 0 aromatic rings. The Labute approximate surface area is 456 Å². The van der Waals surface area contributed by atoms with Gasteiger partial charge >= 0.3 is 17.9 Å². The summed E-state index contributed by atoms with van der Waals surface area (Å²) in [5.74, 6) is -0.940.